The first kappa shape index (κ1) is 22.0. The molecule has 4 heteroatoms. The van der Waals surface area contributed by atoms with Gasteiger partial charge in [-0.3, -0.25) is 9.59 Å². The number of hydrogen-bond donors (Lipinski definition) is 1. The first-order valence-corrected chi connectivity index (χ1v) is 12.3. The molecule has 4 nitrogen and oxygen atoms in total. The van der Waals surface area contributed by atoms with Crippen LogP contribution in [0, 0.1) is 40.4 Å². The number of fused-ring (bicyclic) bond motifs is 4. The molecule has 4 rings (SSSR count). The van der Waals surface area contributed by atoms with Gasteiger partial charge in [-0.15, -0.1) is 0 Å². The number of esters is 1. The SMILES string of the molecule is CC(C)CCC[C@@H](C)[C@H]1CC[C@H]2C3=C(CC[C@]12C)[C@@]1(C)CCC(=O)[C@@H](O)[C@@H]1C(=O)O3. The summed E-state index contributed by atoms with van der Waals surface area (Å²) in [7, 11) is 0. The van der Waals surface area contributed by atoms with E-state index in [0.717, 1.165) is 30.9 Å². The summed E-state index contributed by atoms with van der Waals surface area (Å²) in [4.78, 5) is 25.1. The number of hydrogen-bond acceptors (Lipinski definition) is 4. The molecule has 30 heavy (non-hydrogen) atoms. The van der Waals surface area contributed by atoms with Crippen molar-refractivity contribution in [1.82, 2.24) is 0 Å². The smallest absolute Gasteiger partial charge is 0.318 e. The molecule has 1 heterocycles. The minimum absolute atomic E-state index is 0.183. The molecule has 0 radical (unpaired) electrons. The number of allylic oxidation sites excluding steroid dienone is 2. The van der Waals surface area contributed by atoms with E-state index >= 15 is 0 Å². The lowest BCUT2D eigenvalue weighted by molar-refractivity contribution is -0.169. The number of carbonyl (C=O) groups is 2. The van der Waals surface area contributed by atoms with Gasteiger partial charge < -0.3 is 9.84 Å². The minimum Gasteiger partial charge on any atom is -0.430 e. The minimum atomic E-state index is -1.21. The van der Waals surface area contributed by atoms with Crippen molar-refractivity contribution in [3.63, 3.8) is 0 Å². The molecule has 0 aromatic carbocycles. The molecular weight excluding hydrogens is 376 g/mol. The predicted octanol–water partition coefficient (Wildman–Crippen LogP) is 5.43. The van der Waals surface area contributed by atoms with Crippen LogP contribution in [0.25, 0.3) is 0 Å². The van der Waals surface area contributed by atoms with Crippen molar-refractivity contribution in [2.45, 2.75) is 98.5 Å². The van der Waals surface area contributed by atoms with Crippen LogP contribution in [0.3, 0.4) is 0 Å². The fourth-order valence-corrected chi connectivity index (χ4v) is 7.59. The van der Waals surface area contributed by atoms with Gasteiger partial charge in [0.15, 0.2) is 5.78 Å². The molecule has 0 spiro atoms. The van der Waals surface area contributed by atoms with Crippen LogP contribution in [-0.2, 0) is 14.3 Å². The van der Waals surface area contributed by atoms with E-state index in [2.05, 4.69) is 34.6 Å². The average molecular weight is 417 g/mol. The molecular formula is C26H40O4. The van der Waals surface area contributed by atoms with Crippen molar-refractivity contribution in [1.29, 1.82) is 0 Å². The van der Waals surface area contributed by atoms with E-state index < -0.39 is 17.4 Å². The Morgan fingerprint density at radius 1 is 1.07 bits per heavy atom. The summed E-state index contributed by atoms with van der Waals surface area (Å²) in [5.41, 5.74) is 0.984. The third-order valence-corrected chi connectivity index (χ3v) is 9.44. The lowest BCUT2D eigenvalue weighted by atomic mass is 9.54. The second-order valence-electron chi connectivity index (χ2n) is 11.6. The van der Waals surface area contributed by atoms with Crippen LogP contribution in [0.5, 0.6) is 0 Å². The van der Waals surface area contributed by atoms with Crippen molar-refractivity contribution >= 4 is 11.8 Å². The standard InChI is InChI=1S/C26H40O4/c1-15(2)7-6-8-16(3)17-9-10-18-23-19(11-13-25(17,18)4)26(5)14-12-20(27)22(28)21(26)24(29)30-23/h15-18,21-22,28H,6-14H2,1-5H3/t16-,17-,18+,21-,22-,25-,26-/m1/s1. The number of carbonyl (C=O) groups excluding carboxylic acids is 2. The number of aliphatic hydroxyl groups is 1. The van der Waals surface area contributed by atoms with Gasteiger partial charge in [0.2, 0.25) is 0 Å². The summed E-state index contributed by atoms with van der Waals surface area (Å²) in [5, 5.41) is 10.5. The largest absolute Gasteiger partial charge is 0.430 e. The van der Waals surface area contributed by atoms with Gasteiger partial charge in [0.05, 0.1) is 5.92 Å². The molecule has 4 aliphatic rings. The molecule has 2 saturated carbocycles. The summed E-state index contributed by atoms with van der Waals surface area (Å²) >= 11 is 0. The van der Waals surface area contributed by atoms with Crippen LogP contribution in [0.4, 0.5) is 0 Å². The predicted molar refractivity (Wildman–Crippen MR) is 116 cm³/mol. The molecule has 0 unspecified atom stereocenters. The third kappa shape index (κ3) is 3.29. The van der Waals surface area contributed by atoms with Crippen LogP contribution in [0.15, 0.2) is 11.3 Å². The topological polar surface area (TPSA) is 63.6 Å². The average Bonchev–Trinajstić information content (AvgIpc) is 3.02. The third-order valence-electron chi connectivity index (χ3n) is 9.44. The molecule has 0 aromatic heterocycles. The van der Waals surface area contributed by atoms with Gasteiger partial charge in [-0.2, -0.15) is 0 Å². The van der Waals surface area contributed by atoms with E-state index in [1.807, 2.05) is 0 Å². The first-order valence-electron chi connectivity index (χ1n) is 12.3. The summed E-state index contributed by atoms with van der Waals surface area (Å²) in [5.74, 6) is 2.03. The van der Waals surface area contributed by atoms with Crippen LogP contribution in [0.2, 0.25) is 0 Å². The second-order valence-corrected chi connectivity index (χ2v) is 11.6. The van der Waals surface area contributed by atoms with Gasteiger partial charge in [0, 0.05) is 17.8 Å². The highest BCUT2D eigenvalue weighted by Crippen LogP contribution is 2.64. The highest BCUT2D eigenvalue weighted by Gasteiger charge is 2.61. The molecule has 0 saturated heterocycles. The fraction of sp³-hybridized carbons (Fsp3) is 0.846. The lowest BCUT2D eigenvalue weighted by Crippen LogP contribution is -2.55. The van der Waals surface area contributed by atoms with Crippen molar-refractivity contribution in [2.24, 2.45) is 40.4 Å². The van der Waals surface area contributed by atoms with Crippen LogP contribution in [-0.4, -0.2) is 23.0 Å². The quantitative estimate of drug-likeness (QED) is 0.607. The Balaban J connectivity index is 1.60. The summed E-state index contributed by atoms with van der Waals surface area (Å²) in [6.45, 7) is 11.5. The Morgan fingerprint density at radius 2 is 1.80 bits per heavy atom. The van der Waals surface area contributed by atoms with E-state index in [0.29, 0.717) is 30.6 Å². The van der Waals surface area contributed by atoms with Gasteiger partial charge >= 0.3 is 5.97 Å². The van der Waals surface area contributed by atoms with Gasteiger partial charge in [-0.1, -0.05) is 53.9 Å². The Kier molecular flexibility index (Phi) is 5.70. The van der Waals surface area contributed by atoms with E-state index in [1.165, 1.54) is 31.3 Å². The molecule has 0 amide bonds. The van der Waals surface area contributed by atoms with Gasteiger partial charge in [-0.05, 0) is 60.8 Å². The number of Topliss-reactive ketones (excluding diaryl/α,β-unsaturated/α-hetero) is 1. The second kappa shape index (κ2) is 7.76. The van der Waals surface area contributed by atoms with Crippen LogP contribution < -0.4 is 0 Å². The van der Waals surface area contributed by atoms with Gasteiger partial charge in [-0.25, -0.2) is 0 Å². The molecule has 7 atom stereocenters. The molecule has 0 aromatic rings. The monoisotopic (exact) mass is 416 g/mol. The Labute approximate surface area is 181 Å². The maximum atomic E-state index is 13.0. The lowest BCUT2D eigenvalue weighted by Gasteiger charge is -2.53. The highest BCUT2D eigenvalue weighted by molar-refractivity contribution is 5.92. The molecule has 3 aliphatic carbocycles. The maximum Gasteiger partial charge on any atom is 0.318 e. The number of ketones is 1. The zero-order valence-corrected chi connectivity index (χ0v) is 19.5. The molecule has 1 aliphatic heterocycles. The van der Waals surface area contributed by atoms with E-state index in [-0.39, 0.29) is 17.2 Å². The van der Waals surface area contributed by atoms with Crippen LogP contribution >= 0.6 is 0 Å². The van der Waals surface area contributed by atoms with Crippen molar-refractivity contribution in [3.05, 3.63) is 11.3 Å². The Hall–Kier alpha value is -1.16. The Morgan fingerprint density at radius 3 is 2.50 bits per heavy atom. The maximum absolute atomic E-state index is 13.0. The zero-order chi connectivity index (χ0) is 21.8. The van der Waals surface area contributed by atoms with Crippen molar-refractivity contribution in [3.8, 4) is 0 Å². The van der Waals surface area contributed by atoms with Crippen molar-refractivity contribution < 1.29 is 19.4 Å². The molecule has 0 bridgehead atoms. The summed E-state index contributed by atoms with van der Waals surface area (Å²) in [6, 6.07) is 0. The van der Waals surface area contributed by atoms with E-state index in [9.17, 15) is 14.7 Å². The van der Waals surface area contributed by atoms with E-state index in [1.54, 1.807) is 0 Å². The Bertz CT molecular complexity index is 752. The number of ether oxygens (including phenoxy) is 1. The van der Waals surface area contributed by atoms with E-state index in [4.69, 9.17) is 4.74 Å². The van der Waals surface area contributed by atoms with Gasteiger partial charge in [0.25, 0.3) is 0 Å². The van der Waals surface area contributed by atoms with Crippen molar-refractivity contribution in [2.75, 3.05) is 0 Å². The fourth-order valence-electron chi connectivity index (χ4n) is 7.59. The summed E-state index contributed by atoms with van der Waals surface area (Å²) in [6.07, 6.45) is 8.02. The number of rotatable bonds is 5. The first-order chi connectivity index (χ1) is 14.1. The van der Waals surface area contributed by atoms with Gasteiger partial charge in [0.1, 0.15) is 11.9 Å². The number of aliphatic hydroxyl groups excluding tert-OH is 1. The molecule has 168 valence electrons. The summed E-state index contributed by atoms with van der Waals surface area (Å²) < 4.78 is 5.99. The molecule has 2 fully saturated rings. The molecule has 1 N–H and O–H groups in total. The normalized spacial score (nSPS) is 42.0. The zero-order valence-electron chi connectivity index (χ0n) is 19.5. The highest BCUT2D eigenvalue weighted by atomic mass is 16.5. The van der Waals surface area contributed by atoms with Crippen LogP contribution in [0.1, 0.15) is 92.4 Å².